The minimum absolute atomic E-state index is 0.0188. The molecule has 2 aromatic rings. The number of fused-ring (bicyclic) bond motifs is 1. The minimum Gasteiger partial charge on any atom is -0.387 e. The Bertz CT molecular complexity index is 1510. The molecule has 264 valence electrons. The van der Waals surface area contributed by atoms with Crippen molar-refractivity contribution < 1.29 is 80.3 Å². The van der Waals surface area contributed by atoms with E-state index in [-0.39, 0.29) is 27.9 Å². The molecular formula is C17H25Cl2F3N5O14P3S2. The number of imidazole rings is 1. The third-order valence-corrected chi connectivity index (χ3v) is 14.5. The molecule has 0 aliphatic carbocycles. The van der Waals surface area contributed by atoms with Crippen molar-refractivity contribution in [1.29, 1.82) is 0 Å². The van der Waals surface area contributed by atoms with Crippen molar-refractivity contribution in [3.63, 3.8) is 0 Å². The van der Waals surface area contributed by atoms with Gasteiger partial charge in [0.25, 0.3) is 0 Å². The summed E-state index contributed by atoms with van der Waals surface area (Å²) in [5.74, 6) is 0.452. The summed E-state index contributed by atoms with van der Waals surface area (Å²) in [7, 11) is -17.6. The number of anilines is 1. The molecule has 0 amide bonds. The molecule has 0 bridgehead atoms. The molecular weight excluding hydrogens is 783 g/mol. The van der Waals surface area contributed by atoms with Crippen LogP contribution in [0.4, 0.5) is 19.0 Å². The molecule has 0 saturated carbocycles. The van der Waals surface area contributed by atoms with Crippen LogP contribution in [0.3, 0.4) is 0 Å². The van der Waals surface area contributed by atoms with Gasteiger partial charge in [-0.05, 0) is 6.26 Å². The first kappa shape index (κ1) is 40.1. The van der Waals surface area contributed by atoms with Gasteiger partial charge in [-0.25, -0.2) is 28.7 Å². The van der Waals surface area contributed by atoms with E-state index in [0.717, 1.165) is 11.8 Å². The van der Waals surface area contributed by atoms with Crippen LogP contribution < -0.4 is 5.32 Å². The number of aliphatic hydroxyl groups is 2. The van der Waals surface area contributed by atoms with Crippen molar-refractivity contribution in [1.82, 2.24) is 19.5 Å². The van der Waals surface area contributed by atoms with Gasteiger partial charge in [-0.2, -0.15) is 24.9 Å². The summed E-state index contributed by atoms with van der Waals surface area (Å²) in [6, 6.07) is 0. The molecule has 0 radical (unpaired) electrons. The van der Waals surface area contributed by atoms with Gasteiger partial charge in [0.1, 0.15) is 24.9 Å². The van der Waals surface area contributed by atoms with Gasteiger partial charge in [-0.15, -0.1) is 0 Å². The van der Waals surface area contributed by atoms with Crippen LogP contribution >= 0.6 is 69.7 Å². The van der Waals surface area contributed by atoms with Gasteiger partial charge in [-0.3, -0.25) is 13.7 Å². The summed E-state index contributed by atoms with van der Waals surface area (Å²) < 4.78 is 83.6. The molecule has 2 unspecified atom stereocenters. The van der Waals surface area contributed by atoms with E-state index in [4.69, 9.17) is 37.7 Å². The smallest absolute Gasteiger partial charge is 0.387 e. The molecule has 46 heavy (non-hydrogen) atoms. The second-order valence-corrected chi connectivity index (χ2v) is 18.9. The number of nitrogens with one attached hydrogen (secondary N) is 1. The Morgan fingerprint density at radius 2 is 1.78 bits per heavy atom. The lowest BCUT2D eigenvalue weighted by atomic mass is 10.1. The number of rotatable bonds is 17. The summed E-state index contributed by atoms with van der Waals surface area (Å²) >= 11 is 12.5. The number of hydrogen-bond acceptors (Lipinski definition) is 16. The molecule has 1 saturated heterocycles. The van der Waals surface area contributed by atoms with Gasteiger partial charge in [-0.1, -0.05) is 44.7 Å². The topological polar surface area (TPSA) is 274 Å². The van der Waals surface area contributed by atoms with Crippen LogP contribution in [0.2, 0.25) is 0 Å². The van der Waals surface area contributed by atoms with Gasteiger partial charge in [0, 0.05) is 18.1 Å². The summed E-state index contributed by atoms with van der Waals surface area (Å²) in [6.07, 6.45) is -8.79. The maximum Gasteiger partial charge on any atom is 0.509 e. The molecule has 0 spiro atoms. The number of ether oxygens (including phenoxy) is 1. The Labute approximate surface area is 274 Å². The minimum atomic E-state index is -5.99. The number of hydrogen-bond donors (Lipinski definition) is 7. The van der Waals surface area contributed by atoms with E-state index in [1.165, 1.54) is 22.7 Å². The normalized spacial score (nSPS) is 23.8. The van der Waals surface area contributed by atoms with Crippen LogP contribution in [0, 0.1) is 0 Å². The Kier molecular flexibility index (Phi) is 13.7. The molecule has 7 N–H and O–H groups in total. The summed E-state index contributed by atoms with van der Waals surface area (Å²) in [5.41, 5.74) is 0.185. The predicted molar refractivity (Wildman–Crippen MR) is 155 cm³/mol. The Morgan fingerprint density at radius 3 is 2.39 bits per heavy atom. The van der Waals surface area contributed by atoms with Gasteiger partial charge < -0.3 is 39.8 Å². The standard InChI is InChI=1S/C17H25Cl2F3N5O14P3S2/c1-45-5-3-23-12-9-13(26-15(25-12)46-4-2-16(20,21)22)27(7-24-9)14-11(29)10(28)8(38-14)6-37-39-40-44(35,36)41-43(33,34)17(18,19)42(30,31)32/h7-8,10-11,14,28-29H,2-6H2,1H3,(H,33,34)(H,35,36)(H,23,25,26)(H2,30,31,32)/t8-,10-,11-,14-/m1/s1. The van der Waals surface area contributed by atoms with Crippen molar-refractivity contribution in [3.8, 4) is 0 Å². The van der Waals surface area contributed by atoms with Crippen LogP contribution in [0.25, 0.3) is 11.2 Å². The lowest BCUT2D eigenvalue weighted by molar-refractivity contribution is -0.476. The monoisotopic (exact) mass is 807 g/mol. The molecule has 1 aliphatic heterocycles. The number of nitrogens with zero attached hydrogens (tertiary/aromatic N) is 4. The van der Waals surface area contributed by atoms with E-state index in [1.807, 2.05) is 6.26 Å². The third-order valence-electron chi connectivity index (χ3n) is 5.54. The highest BCUT2D eigenvalue weighted by Gasteiger charge is 2.62. The molecule has 29 heteroatoms. The average molecular weight is 808 g/mol. The highest BCUT2D eigenvalue weighted by Crippen LogP contribution is 2.79. The van der Waals surface area contributed by atoms with Crippen molar-refractivity contribution in [2.24, 2.45) is 0 Å². The highest BCUT2D eigenvalue weighted by molar-refractivity contribution is 7.99. The Balaban J connectivity index is 1.70. The first-order valence-corrected chi connectivity index (χ1v) is 19.9. The number of halogens is 5. The Hall–Kier alpha value is -0.330. The van der Waals surface area contributed by atoms with Crippen LogP contribution in [0.5, 0.6) is 0 Å². The van der Waals surface area contributed by atoms with Gasteiger partial charge >= 0.3 is 33.0 Å². The van der Waals surface area contributed by atoms with Crippen molar-refractivity contribution >= 4 is 86.7 Å². The van der Waals surface area contributed by atoms with Crippen LogP contribution in [0.15, 0.2) is 11.5 Å². The van der Waals surface area contributed by atoms with Crippen LogP contribution in [0.1, 0.15) is 12.6 Å². The number of alkyl halides is 5. The van der Waals surface area contributed by atoms with Crippen molar-refractivity contribution in [2.45, 2.75) is 46.1 Å². The molecule has 1 aliphatic rings. The fraction of sp³-hybridized carbons (Fsp3) is 0.706. The maximum atomic E-state index is 12.7. The molecule has 3 rings (SSSR count). The maximum absolute atomic E-state index is 12.7. The number of aliphatic hydroxyl groups excluding tert-OH is 2. The Morgan fingerprint density at radius 1 is 1.11 bits per heavy atom. The van der Waals surface area contributed by atoms with Gasteiger partial charge in [0.2, 0.25) is 0 Å². The second-order valence-electron chi connectivity index (χ2n) is 8.91. The summed E-state index contributed by atoms with van der Waals surface area (Å²) in [5, 5.41) is 28.1. The summed E-state index contributed by atoms with van der Waals surface area (Å²) in [4.78, 5) is 54.3. The van der Waals surface area contributed by atoms with Crippen molar-refractivity contribution in [3.05, 3.63) is 6.33 Å². The van der Waals surface area contributed by atoms with Crippen LogP contribution in [-0.4, -0.2) is 109 Å². The van der Waals surface area contributed by atoms with E-state index < -0.39 is 70.6 Å². The number of thioether (sulfide) groups is 2. The molecule has 19 nitrogen and oxygen atoms in total. The molecule has 3 heterocycles. The zero-order valence-corrected chi connectivity index (χ0v) is 28.5. The van der Waals surface area contributed by atoms with Gasteiger partial charge in [0.15, 0.2) is 28.4 Å². The molecule has 1 fully saturated rings. The van der Waals surface area contributed by atoms with E-state index in [1.54, 1.807) is 0 Å². The highest BCUT2D eigenvalue weighted by atomic mass is 35.5. The zero-order valence-electron chi connectivity index (χ0n) is 22.7. The van der Waals surface area contributed by atoms with Crippen molar-refractivity contribution in [2.75, 3.05) is 36.2 Å². The third kappa shape index (κ3) is 10.1. The van der Waals surface area contributed by atoms with Crippen LogP contribution in [-0.2, 0) is 37.3 Å². The molecule has 6 atom stereocenters. The predicted octanol–water partition coefficient (Wildman–Crippen LogP) is 2.71. The quantitative estimate of drug-likeness (QED) is 0.0230. The fourth-order valence-corrected chi connectivity index (χ4v) is 8.49. The number of aromatic nitrogens is 4. The van der Waals surface area contributed by atoms with E-state index in [2.05, 4.69) is 39.2 Å². The average Bonchev–Trinajstić information content (AvgIpc) is 3.45. The van der Waals surface area contributed by atoms with Gasteiger partial charge in [0.05, 0.1) is 12.7 Å². The lowest BCUT2D eigenvalue weighted by Gasteiger charge is -2.25. The SMILES string of the molecule is CSCCNc1nc(SCCC(F)(F)F)nc2c1ncn2[C@@H]1O[C@H](COOOP(=O)(O)OP(=O)(O)C(Cl)(Cl)P(=O)(O)O)[C@@H](O)[C@H]1O. The number of phosphoric acid groups is 1. The molecule has 0 aromatic carbocycles. The van der Waals surface area contributed by atoms with E-state index >= 15 is 0 Å². The zero-order chi connectivity index (χ0) is 34.7. The first-order chi connectivity index (χ1) is 21.1. The fourth-order valence-electron chi connectivity index (χ4n) is 3.42. The summed E-state index contributed by atoms with van der Waals surface area (Å²) in [6.45, 7) is -0.440. The second kappa shape index (κ2) is 15.7. The van der Waals surface area contributed by atoms with E-state index in [9.17, 15) is 46.9 Å². The largest absolute Gasteiger partial charge is 0.509 e. The lowest BCUT2D eigenvalue weighted by Crippen LogP contribution is -2.33. The molecule has 2 aromatic heterocycles. The first-order valence-electron chi connectivity index (χ1n) is 12.1. The van der Waals surface area contributed by atoms with E-state index in [0.29, 0.717) is 12.3 Å².